The zero-order valence-electron chi connectivity index (χ0n) is 11.3. The SMILES string of the molecule is Cc1cc(/C=C/C(=O)O)c2cc(C(C)C)ccc2n1. The summed E-state index contributed by atoms with van der Waals surface area (Å²) in [5.74, 6) is -0.510. The van der Waals surface area contributed by atoms with Gasteiger partial charge in [-0.3, -0.25) is 4.98 Å². The van der Waals surface area contributed by atoms with Crippen LogP contribution in [0.15, 0.2) is 30.3 Å². The standard InChI is InChI=1S/C16H17NO2/c1-10(2)12-4-6-15-14(9-12)13(5-7-16(18)19)8-11(3)17-15/h4-10H,1-3H3,(H,18,19)/b7-5+. The molecule has 0 radical (unpaired) electrons. The average molecular weight is 255 g/mol. The van der Waals surface area contributed by atoms with E-state index in [0.29, 0.717) is 5.92 Å². The van der Waals surface area contributed by atoms with E-state index in [9.17, 15) is 4.79 Å². The Morgan fingerprint density at radius 3 is 2.68 bits per heavy atom. The van der Waals surface area contributed by atoms with Gasteiger partial charge in [-0.25, -0.2) is 4.79 Å². The highest BCUT2D eigenvalue weighted by atomic mass is 16.4. The first-order valence-electron chi connectivity index (χ1n) is 6.29. The highest BCUT2D eigenvalue weighted by Gasteiger charge is 2.06. The molecule has 19 heavy (non-hydrogen) atoms. The lowest BCUT2D eigenvalue weighted by molar-refractivity contribution is -0.131. The maximum absolute atomic E-state index is 10.7. The van der Waals surface area contributed by atoms with E-state index in [1.54, 1.807) is 6.08 Å². The molecule has 0 aliphatic heterocycles. The molecule has 0 unspecified atom stereocenters. The minimum Gasteiger partial charge on any atom is -0.478 e. The smallest absolute Gasteiger partial charge is 0.328 e. The largest absolute Gasteiger partial charge is 0.478 e. The van der Waals surface area contributed by atoms with E-state index in [4.69, 9.17) is 5.11 Å². The van der Waals surface area contributed by atoms with Gasteiger partial charge in [-0.15, -0.1) is 0 Å². The fourth-order valence-corrected chi connectivity index (χ4v) is 2.07. The summed E-state index contributed by atoms with van der Waals surface area (Å²) in [4.78, 5) is 15.1. The van der Waals surface area contributed by atoms with Crippen LogP contribution in [0.2, 0.25) is 0 Å². The molecular weight excluding hydrogens is 238 g/mol. The van der Waals surface area contributed by atoms with Crippen molar-refractivity contribution in [2.24, 2.45) is 0 Å². The van der Waals surface area contributed by atoms with Crippen molar-refractivity contribution in [1.29, 1.82) is 0 Å². The van der Waals surface area contributed by atoms with Gasteiger partial charge in [-0.05, 0) is 48.2 Å². The van der Waals surface area contributed by atoms with Gasteiger partial charge in [0.15, 0.2) is 0 Å². The minimum atomic E-state index is -0.942. The van der Waals surface area contributed by atoms with Crippen molar-refractivity contribution in [3.05, 3.63) is 47.2 Å². The number of nitrogens with zero attached hydrogens (tertiary/aromatic N) is 1. The summed E-state index contributed by atoms with van der Waals surface area (Å²) < 4.78 is 0. The summed E-state index contributed by atoms with van der Waals surface area (Å²) in [6, 6.07) is 8.07. The molecule has 0 aliphatic carbocycles. The number of carboxylic acids is 1. The third-order valence-electron chi connectivity index (χ3n) is 3.06. The molecule has 0 saturated heterocycles. The van der Waals surface area contributed by atoms with E-state index in [0.717, 1.165) is 28.2 Å². The van der Waals surface area contributed by atoms with Gasteiger partial charge in [0.1, 0.15) is 0 Å². The van der Waals surface area contributed by atoms with Gasteiger partial charge >= 0.3 is 5.97 Å². The monoisotopic (exact) mass is 255 g/mol. The van der Waals surface area contributed by atoms with Crippen molar-refractivity contribution in [3.63, 3.8) is 0 Å². The normalized spacial score (nSPS) is 11.6. The zero-order chi connectivity index (χ0) is 14.0. The van der Waals surface area contributed by atoms with Crippen molar-refractivity contribution in [2.75, 3.05) is 0 Å². The quantitative estimate of drug-likeness (QED) is 0.849. The summed E-state index contributed by atoms with van der Waals surface area (Å²) in [6.07, 6.45) is 2.79. The van der Waals surface area contributed by atoms with E-state index >= 15 is 0 Å². The van der Waals surface area contributed by atoms with Crippen LogP contribution in [0.25, 0.3) is 17.0 Å². The number of benzene rings is 1. The summed E-state index contributed by atoms with van der Waals surface area (Å²) in [5, 5.41) is 9.75. The molecule has 2 rings (SSSR count). The molecule has 1 aromatic heterocycles. The van der Waals surface area contributed by atoms with Crippen LogP contribution < -0.4 is 0 Å². The third kappa shape index (κ3) is 2.99. The number of carboxylic acid groups (broad SMARTS) is 1. The lowest BCUT2D eigenvalue weighted by Crippen LogP contribution is -1.93. The maximum Gasteiger partial charge on any atom is 0.328 e. The molecule has 0 bridgehead atoms. The Morgan fingerprint density at radius 2 is 2.05 bits per heavy atom. The molecular formula is C16H17NO2. The molecule has 98 valence electrons. The molecule has 1 N–H and O–H groups in total. The predicted octanol–water partition coefficient (Wildman–Crippen LogP) is 3.76. The van der Waals surface area contributed by atoms with Crippen molar-refractivity contribution in [1.82, 2.24) is 4.98 Å². The third-order valence-corrected chi connectivity index (χ3v) is 3.06. The van der Waals surface area contributed by atoms with Crippen LogP contribution in [0.4, 0.5) is 0 Å². The fourth-order valence-electron chi connectivity index (χ4n) is 2.07. The van der Waals surface area contributed by atoms with Gasteiger partial charge in [0.25, 0.3) is 0 Å². The maximum atomic E-state index is 10.7. The molecule has 0 atom stereocenters. The molecule has 0 amide bonds. The number of aromatic nitrogens is 1. The topological polar surface area (TPSA) is 50.2 Å². The van der Waals surface area contributed by atoms with Gasteiger partial charge in [-0.2, -0.15) is 0 Å². The summed E-state index contributed by atoms with van der Waals surface area (Å²) in [7, 11) is 0. The Balaban J connectivity index is 2.65. The first-order valence-corrected chi connectivity index (χ1v) is 6.29. The van der Waals surface area contributed by atoms with Crippen molar-refractivity contribution in [3.8, 4) is 0 Å². The van der Waals surface area contributed by atoms with Gasteiger partial charge in [0.2, 0.25) is 0 Å². The van der Waals surface area contributed by atoms with Crippen LogP contribution in [-0.2, 0) is 4.79 Å². The van der Waals surface area contributed by atoms with E-state index in [1.165, 1.54) is 5.56 Å². The lowest BCUT2D eigenvalue weighted by Gasteiger charge is -2.09. The van der Waals surface area contributed by atoms with E-state index < -0.39 is 5.97 Å². The van der Waals surface area contributed by atoms with Gasteiger partial charge in [0, 0.05) is 17.2 Å². The average Bonchev–Trinajstić information content (AvgIpc) is 2.35. The fraction of sp³-hybridized carbons (Fsp3) is 0.250. The Labute approximate surface area is 112 Å². The molecule has 1 aromatic carbocycles. The number of carbonyl (C=O) groups is 1. The molecule has 0 spiro atoms. The number of fused-ring (bicyclic) bond motifs is 1. The molecule has 0 aliphatic rings. The molecule has 3 heteroatoms. The summed E-state index contributed by atoms with van der Waals surface area (Å²) in [6.45, 7) is 6.18. The van der Waals surface area contributed by atoms with E-state index in [2.05, 4.69) is 31.0 Å². The van der Waals surface area contributed by atoms with Crippen molar-refractivity contribution >= 4 is 22.9 Å². The van der Waals surface area contributed by atoms with Crippen LogP contribution in [-0.4, -0.2) is 16.1 Å². The summed E-state index contributed by atoms with van der Waals surface area (Å²) >= 11 is 0. The van der Waals surface area contributed by atoms with Crippen LogP contribution in [0.1, 0.15) is 36.6 Å². The lowest BCUT2D eigenvalue weighted by atomic mass is 9.98. The molecule has 1 heterocycles. The Bertz CT molecular complexity index is 657. The zero-order valence-corrected chi connectivity index (χ0v) is 11.3. The number of rotatable bonds is 3. The number of pyridine rings is 1. The molecule has 2 aromatic rings. The molecule has 3 nitrogen and oxygen atoms in total. The van der Waals surface area contributed by atoms with Gasteiger partial charge in [-0.1, -0.05) is 19.9 Å². The number of aryl methyl sites for hydroxylation is 1. The number of hydrogen-bond acceptors (Lipinski definition) is 2. The first-order chi connectivity index (χ1) is 8.97. The van der Waals surface area contributed by atoms with Gasteiger partial charge < -0.3 is 5.11 Å². The predicted molar refractivity (Wildman–Crippen MR) is 77.2 cm³/mol. The Hall–Kier alpha value is -2.16. The van der Waals surface area contributed by atoms with Crippen LogP contribution in [0.5, 0.6) is 0 Å². The Kier molecular flexibility index (Phi) is 3.65. The van der Waals surface area contributed by atoms with Crippen molar-refractivity contribution < 1.29 is 9.90 Å². The summed E-state index contributed by atoms with van der Waals surface area (Å²) in [5.41, 5.74) is 3.90. The van der Waals surface area contributed by atoms with Crippen LogP contribution >= 0.6 is 0 Å². The van der Waals surface area contributed by atoms with E-state index in [1.807, 2.05) is 19.1 Å². The van der Waals surface area contributed by atoms with Crippen LogP contribution in [0.3, 0.4) is 0 Å². The number of aliphatic carboxylic acids is 1. The van der Waals surface area contributed by atoms with Gasteiger partial charge in [0.05, 0.1) is 5.52 Å². The molecule has 0 fully saturated rings. The Morgan fingerprint density at radius 1 is 1.32 bits per heavy atom. The second kappa shape index (κ2) is 5.22. The molecule has 0 saturated carbocycles. The van der Waals surface area contributed by atoms with Crippen LogP contribution in [0, 0.1) is 6.92 Å². The second-order valence-electron chi connectivity index (χ2n) is 4.96. The highest BCUT2D eigenvalue weighted by molar-refractivity contribution is 5.93. The van der Waals surface area contributed by atoms with Crippen molar-refractivity contribution in [2.45, 2.75) is 26.7 Å². The second-order valence-corrected chi connectivity index (χ2v) is 4.96. The number of hydrogen-bond donors (Lipinski definition) is 1. The minimum absolute atomic E-state index is 0.432. The van der Waals surface area contributed by atoms with E-state index in [-0.39, 0.29) is 0 Å². The first kappa shape index (κ1) is 13.3. The highest BCUT2D eigenvalue weighted by Crippen LogP contribution is 2.24.